The molecule has 0 aromatic rings. The van der Waals surface area contributed by atoms with E-state index >= 15 is 0 Å². The maximum atomic E-state index is 3.83. The van der Waals surface area contributed by atoms with Crippen molar-refractivity contribution in [2.75, 3.05) is 12.0 Å². The van der Waals surface area contributed by atoms with Gasteiger partial charge in [-0.15, -0.1) is 0 Å². The van der Waals surface area contributed by atoms with E-state index in [9.17, 15) is 0 Å². The monoisotopic (exact) mass is 250 g/mol. The van der Waals surface area contributed by atoms with E-state index in [1.54, 1.807) is 0 Å². The van der Waals surface area contributed by atoms with Gasteiger partial charge >= 0.3 is 0 Å². The molecule has 0 heterocycles. The van der Waals surface area contributed by atoms with Crippen molar-refractivity contribution in [3.63, 3.8) is 0 Å². The van der Waals surface area contributed by atoms with Gasteiger partial charge in [0.15, 0.2) is 0 Å². The Balaban J connectivity index is 2.05. The van der Waals surface area contributed by atoms with Crippen LogP contribution in [0.4, 0.5) is 0 Å². The average molecular weight is 251 g/mol. The molecule has 0 N–H and O–H groups in total. The number of halogens is 1. The van der Waals surface area contributed by atoms with Crippen molar-refractivity contribution in [3.05, 3.63) is 0 Å². The van der Waals surface area contributed by atoms with Crippen LogP contribution in [0.25, 0.3) is 0 Å². The summed E-state index contributed by atoms with van der Waals surface area (Å²) in [5.41, 5.74) is 0. The zero-order chi connectivity index (χ0) is 8.81. The molecule has 1 aliphatic carbocycles. The third kappa shape index (κ3) is 3.69. The maximum absolute atomic E-state index is 3.83. The van der Waals surface area contributed by atoms with Gasteiger partial charge in [-0.3, -0.25) is 0 Å². The zero-order valence-electron chi connectivity index (χ0n) is 7.89. The Morgan fingerprint density at radius 3 is 2.67 bits per heavy atom. The summed E-state index contributed by atoms with van der Waals surface area (Å²) in [6.07, 6.45) is 10.8. The lowest BCUT2D eigenvalue weighted by atomic mass is 10.0. The molecule has 0 aliphatic heterocycles. The Bertz CT molecular complexity index is 110. The minimum absolute atomic E-state index is 0.812. The number of alkyl halides is 1. The average Bonchev–Trinajstić information content (AvgIpc) is 2.56. The van der Waals surface area contributed by atoms with Crippen molar-refractivity contribution in [2.24, 2.45) is 5.92 Å². The van der Waals surface area contributed by atoms with E-state index < -0.39 is 0 Å². The third-order valence-electron chi connectivity index (χ3n) is 2.74. The second kappa shape index (κ2) is 6.31. The minimum Gasteiger partial charge on any atom is -0.165 e. The highest BCUT2D eigenvalue weighted by Gasteiger charge is 2.21. The Labute approximate surface area is 89.0 Å². The van der Waals surface area contributed by atoms with Gasteiger partial charge in [0.1, 0.15) is 0 Å². The fourth-order valence-electron chi connectivity index (χ4n) is 1.98. The maximum Gasteiger partial charge on any atom is 0.0174 e. The van der Waals surface area contributed by atoms with Gasteiger partial charge in [0.25, 0.3) is 0 Å². The van der Waals surface area contributed by atoms with Crippen LogP contribution in [0, 0.1) is 5.92 Å². The number of rotatable bonds is 5. The largest absolute Gasteiger partial charge is 0.165 e. The third-order valence-corrected chi connectivity index (χ3v) is 4.64. The molecular formula is C10H19BrS. The van der Waals surface area contributed by atoms with E-state index in [0.29, 0.717) is 0 Å². The zero-order valence-corrected chi connectivity index (χ0v) is 10.3. The van der Waals surface area contributed by atoms with Crippen LogP contribution in [0.5, 0.6) is 0 Å². The van der Waals surface area contributed by atoms with Crippen molar-refractivity contribution < 1.29 is 0 Å². The van der Waals surface area contributed by atoms with Crippen LogP contribution in [0.15, 0.2) is 0 Å². The fourth-order valence-corrected chi connectivity index (χ4v) is 3.29. The molecular weight excluding hydrogens is 232 g/mol. The smallest absolute Gasteiger partial charge is 0.0174 e. The minimum atomic E-state index is 0.812. The molecule has 0 aromatic heterocycles. The topological polar surface area (TPSA) is 0 Å². The predicted molar refractivity (Wildman–Crippen MR) is 62.3 cm³/mol. The van der Waals surface area contributed by atoms with Gasteiger partial charge in [-0.2, -0.15) is 11.8 Å². The van der Waals surface area contributed by atoms with Crippen molar-refractivity contribution in [1.29, 1.82) is 0 Å². The van der Waals surface area contributed by atoms with Crippen molar-refractivity contribution in [3.8, 4) is 0 Å². The molecule has 0 aromatic carbocycles. The van der Waals surface area contributed by atoms with Crippen LogP contribution in [-0.4, -0.2) is 16.8 Å². The van der Waals surface area contributed by atoms with E-state index in [4.69, 9.17) is 0 Å². The Morgan fingerprint density at radius 1 is 1.42 bits per heavy atom. The van der Waals surface area contributed by atoms with Gasteiger partial charge in [-0.05, 0) is 43.6 Å². The molecule has 12 heavy (non-hydrogen) atoms. The summed E-state index contributed by atoms with van der Waals surface area (Å²) in [4.78, 5) is 0.812. The van der Waals surface area contributed by atoms with Crippen LogP contribution in [-0.2, 0) is 0 Å². The van der Waals surface area contributed by atoms with E-state index in [2.05, 4.69) is 22.2 Å². The SMILES string of the molecule is CSCCCC(Br)C1CCCC1. The van der Waals surface area contributed by atoms with Crippen molar-refractivity contribution in [1.82, 2.24) is 0 Å². The fraction of sp³-hybridized carbons (Fsp3) is 1.00. The van der Waals surface area contributed by atoms with Gasteiger partial charge in [-0.1, -0.05) is 28.8 Å². The first-order chi connectivity index (χ1) is 5.84. The lowest BCUT2D eigenvalue weighted by Gasteiger charge is -2.16. The molecule has 1 fully saturated rings. The van der Waals surface area contributed by atoms with Crippen molar-refractivity contribution >= 4 is 27.7 Å². The molecule has 72 valence electrons. The second-order valence-electron chi connectivity index (χ2n) is 3.70. The van der Waals surface area contributed by atoms with Crippen LogP contribution in [0.3, 0.4) is 0 Å². The summed E-state index contributed by atoms with van der Waals surface area (Å²) < 4.78 is 0. The van der Waals surface area contributed by atoms with E-state index in [1.165, 1.54) is 44.3 Å². The van der Waals surface area contributed by atoms with E-state index in [0.717, 1.165) is 10.7 Å². The molecule has 1 saturated carbocycles. The Hall–Kier alpha value is 0.830. The molecule has 1 atom stereocenters. The lowest BCUT2D eigenvalue weighted by Crippen LogP contribution is -2.10. The molecule has 0 spiro atoms. The first-order valence-electron chi connectivity index (χ1n) is 4.97. The van der Waals surface area contributed by atoms with Gasteiger partial charge in [0, 0.05) is 4.83 Å². The summed E-state index contributed by atoms with van der Waals surface area (Å²) in [5.74, 6) is 2.32. The van der Waals surface area contributed by atoms with Crippen molar-refractivity contribution in [2.45, 2.75) is 43.4 Å². The van der Waals surface area contributed by atoms with Crippen LogP contribution < -0.4 is 0 Å². The Kier molecular flexibility index (Phi) is 5.73. The molecule has 1 unspecified atom stereocenters. The van der Waals surface area contributed by atoms with Crippen LogP contribution in [0.1, 0.15) is 38.5 Å². The summed E-state index contributed by atoms with van der Waals surface area (Å²) in [6, 6.07) is 0. The van der Waals surface area contributed by atoms with Gasteiger partial charge in [-0.25, -0.2) is 0 Å². The molecule has 0 bridgehead atoms. The highest BCUT2D eigenvalue weighted by Crippen LogP contribution is 2.33. The summed E-state index contributed by atoms with van der Waals surface area (Å²) >= 11 is 5.79. The Morgan fingerprint density at radius 2 is 2.08 bits per heavy atom. The van der Waals surface area contributed by atoms with E-state index in [-0.39, 0.29) is 0 Å². The molecule has 0 radical (unpaired) electrons. The van der Waals surface area contributed by atoms with E-state index in [1.807, 2.05) is 11.8 Å². The molecule has 0 saturated heterocycles. The number of thioether (sulfide) groups is 1. The lowest BCUT2D eigenvalue weighted by molar-refractivity contribution is 0.503. The van der Waals surface area contributed by atoms with Gasteiger partial charge in [0.05, 0.1) is 0 Å². The summed E-state index contributed by atoms with van der Waals surface area (Å²) in [5, 5.41) is 0. The molecule has 2 heteroatoms. The first kappa shape index (κ1) is 10.9. The standard InChI is InChI=1S/C10H19BrS/c1-12-8-4-7-10(11)9-5-2-3-6-9/h9-10H,2-8H2,1H3. The van der Waals surface area contributed by atoms with Gasteiger partial charge in [0.2, 0.25) is 0 Å². The van der Waals surface area contributed by atoms with Gasteiger partial charge < -0.3 is 0 Å². The quantitative estimate of drug-likeness (QED) is 0.524. The van der Waals surface area contributed by atoms with Crippen LogP contribution in [0.2, 0.25) is 0 Å². The number of hydrogen-bond donors (Lipinski definition) is 0. The van der Waals surface area contributed by atoms with Crippen LogP contribution >= 0.6 is 27.7 Å². The first-order valence-corrected chi connectivity index (χ1v) is 7.28. The highest BCUT2D eigenvalue weighted by atomic mass is 79.9. The molecule has 0 nitrogen and oxygen atoms in total. The number of hydrogen-bond acceptors (Lipinski definition) is 1. The molecule has 1 rings (SSSR count). The predicted octanol–water partition coefficient (Wildman–Crippen LogP) is 4.08. The second-order valence-corrected chi connectivity index (χ2v) is 5.86. The highest BCUT2D eigenvalue weighted by molar-refractivity contribution is 9.09. The normalized spacial score (nSPS) is 21.5. The summed E-state index contributed by atoms with van der Waals surface area (Å²) in [6.45, 7) is 0. The summed E-state index contributed by atoms with van der Waals surface area (Å²) in [7, 11) is 0. The molecule has 0 amide bonds. The molecule has 1 aliphatic rings.